The van der Waals surface area contributed by atoms with Crippen LogP contribution in [0.4, 0.5) is 0 Å². The van der Waals surface area contributed by atoms with Gasteiger partial charge in [-0.05, 0) is 47.7 Å². The molecule has 0 bridgehead atoms. The first-order valence-corrected chi connectivity index (χ1v) is 8.25. The lowest BCUT2D eigenvalue weighted by molar-refractivity contribution is 0.307. The Kier molecular flexibility index (Phi) is 6.63. The van der Waals surface area contributed by atoms with E-state index in [2.05, 4.69) is 44.2 Å². The SMILES string of the molecule is Cc1cc(-c2ccccc2OCc2ccccc2)cc(C)c1CN.Cl. The molecule has 0 aromatic heterocycles. The van der Waals surface area contributed by atoms with Gasteiger partial charge in [0.05, 0.1) is 0 Å². The summed E-state index contributed by atoms with van der Waals surface area (Å²) in [6, 6.07) is 22.8. The van der Waals surface area contributed by atoms with Crippen molar-refractivity contribution >= 4 is 12.4 Å². The predicted octanol–water partition coefficient (Wildman–Crippen LogP) is 5.43. The van der Waals surface area contributed by atoms with Crippen molar-refractivity contribution < 1.29 is 4.74 Å². The lowest BCUT2D eigenvalue weighted by Gasteiger charge is -2.15. The number of para-hydroxylation sites is 1. The summed E-state index contributed by atoms with van der Waals surface area (Å²) in [6.07, 6.45) is 0. The van der Waals surface area contributed by atoms with E-state index in [1.165, 1.54) is 22.3 Å². The van der Waals surface area contributed by atoms with Gasteiger partial charge in [-0.2, -0.15) is 0 Å². The lowest BCUT2D eigenvalue weighted by Crippen LogP contribution is -2.03. The van der Waals surface area contributed by atoms with Gasteiger partial charge in [0.25, 0.3) is 0 Å². The number of nitrogens with two attached hydrogens (primary N) is 1. The van der Waals surface area contributed by atoms with Crippen LogP contribution in [-0.2, 0) is 13.2 Å². The first-order chi connectivity index (χ1) is 11.7. The average molecular weight is 354 g/mol. The molecule has 0 amide bonds. The minimum Gasteiger partial charge on any atom is -0.488 e. The molecule has 0 saturated heterocycles. The monoisotopic (exact) mass is 353 g/mol. The summed E-state index contributed by atoms with van der Waals surface area (Å²) in [7, 11) is 0. The fourth-order valence-corrected chi connectivity index (χ4v) is 3.04. The zero-order valence-electron chi connectivity index (χ0n) is 14.7. The second-order valence-corrected chi connectivity index (χ2v) is 6.06. The van der Waals surface area contributed by atoms with Crippen LogP contribution in [-0.4, -0.2) is 0 Å². The van der Waals surface area contributed by atoms with E-state index in [1.807, 2.05) is 36.4 Å². The number of rotatable bonds is 5. The molecule has 0 aliphatic rings. The van der Waals surface area contributed by atoms with Crippen LogP contribution in [0.2, 0.25) is 0 Å². The summed E-state index contributed by atoms with van der Waals surface area (Å²) in [4.78, 5) is 0. The van der Waals surface area contributed by atoms with Crippen LogP contribution < -0.4 is 10.5 Å². The maximum atomic E-state index is 6.09. The Morgan fingerprint density at radius 1 is 0.840 bits per heavy atom. The highest BCUT2D eigenvalue weighted by molar-refractivity contribution is 5.85. The minimum atomic E-state index is 0. The molecule has 3 aromatic rings. The summed E-state index contributed by atoms with van der Waals surface area (Å²) < 4.78 is 6.09. The van der Waals surface area contributed by atoms with E-state index in [1.54, 1.807) is 0 Å². The molecule has 3 heteroatoms. The van der Waals surface area contributed by atoms with Crippen molar-refractivity contribution in [3.05, 3.63) is 89.0 Å². The molecule has 3 rings (SSSR count). The van der Waals surface area contributed by atoms with Crippen molar-refractivity contribution in [2.75, 3.05) is 0 Å². The van der Waals surface area contributed by atoms with Crippen molar-refractivity contribution in [1.82, 2.24) is 0 Å². The Morgan fingerprint density at radius 2 is 1.44 bits per heavy atom. The normalized spacial score (nSPS) is 10.2. The molecule has 0 unspecified atom stereocenters. The van der Waals surface area contributed by atoms with E-state index in [4.69, 9.17) is 10.5 Å². The molecule has 0 aliphatic carbocycles. The Labute approximate surface area is 156 Å². The summed E-state index contributed by atoms with van der Waals surface area (Å²) in [5.74, 6) is 0.903. The molecule has 130 valence electrons. The molecule has 25 heavy (non-hydrogen) atoms. The zero-order chi connectivity index (χ0) is 16.9. The highest BCUT2D eigenvalue weighted by Gasteiger charge is 2.10. The van der Waals surface area contributed by atoms with E-state index >= 15 is 0 Å². The van der Waals surface area contributed by atoms with E-state index in [0.717, 1.165) is 16.9 Å². The Bertz CT molecular complexity index is 807. The molecule has 2 N–H and O–H groups in total. The summed E-state index contributed by atoms with van der Waals surface area (Å²) in [6.45, 7) is 5.37. The molecular weight excluding hydrogens is 330 g/mol. The standard InChI is InChI=1S/C22H23NO.ClH/c1-16-12-19(13-17(2)21(16)14-23)20-10-6-7-11-22(20)24-15-18-8-4-3-5-9-18;/h3-13H,14-15,23H2,1-2H3;1H. The van der Waals surface area contributed by atoms with Crippen LogP contribution >= 0.6 is 12.4 Å². The average Bonchev–Trinajstić information content (AvgIpc) is 2.61. The summed E-state index contributed by atoms with van der Waals surface area (Å²) in [5.41, 5.74) is 13.0. The van der Waals surface area contributed by atoms with Crippen LogP contribution in [0.25, 0.3) is 11.1 Å². The fourth-order valence-electron chi connectivity index (χ4n) is 3.04. The molecule has 2 nitrogen and oxygen atoms in total. The van der Waals surface area contributed by atoms with Gasteiger partial charge in [-0.1, -0.05) is 60.7 Å². The summed E-state index contributed by atoms with van der Waals surface area (Å²) in [5, 5.41) is 0. The van der Waals surface area contributed by atoms with Gasteiger partial charge in [-0.15, -0.1) is 12.4 Å². The first-order valence-electron chi connectivity index (χ1n) is 8.25. The molecule has 0 radical (unpaired) electrons. The third-order valence-corrected chi connectivity index (χ3v) is 4.34. The van der Waals surface area contributed by atoms with Crippen molar-refractivity contribution in [3.8, 4) is 16.9 Å². The number of aryl methyl sites for hydroxylation is 2. The van der Waals surface area contributed by atoms with Gasteiger partial charge >= 0.3 is 0 Å². The topological polar surface area (TPSA) is 35.2 Å². The van der Waals surface area contributed by atoms with E-state index < -0.39 is 0 Å². The maximum Gasteiger partial charge on any atom is 0.127 e. The van der Waals surface area contributed by atoms with Crippen LogP contribution in [0.3, 0.4) is 0 Å². The van der Waals surface area contributed by atoms with E-state index in [0.29, 0.717) is 13.2 Å². The third kappa shape index (κ3) is 4.41. The summed E-state index contributed by atoms with van der Waals surface area (Å²) >= 11 is 0. The van der Waals surface area contributed by atoms with Gasteiger partial charge in [0.15, 0.2) is 0 Å². The molecule has 0 saturated carbocycles. The van der Waals surface area contributed by atoms with E-state index in [9.17, 15) is 0 Å². The Hall–Kier alpha value is -2.29. The minimum absolute atomic E-state index is 0. The fraction of sp³-hybridized carbons (Fsp3) is 0.182. The van der Waals surface area contributed by atoms with Gasteiger partial charge in [-0.3, -0.25) is 0 Å². The van der Waals surface area contributed by atoms with Gasteiger partial charge in [0.1, 0.15) is 12.4 Å². The zero-order valence-corrected chi connectivity index (χ0v) is 15.5. The van der Waals surface area contributed by atoms with Gasteiger partial charge in [-0.25, -0.2) is 0 Å². The van der Waals surface area contributed by atoms with Crippen LogP contribution in [0.1, 0.15) is 22.3 Å². The van der Waals surface area contributed by atoms with Crippen LogP contribution in [0, 0.1) is 13.8 Å². The number of hydrogen-bond donors (Lipinski definition) is 1. The van der Waals surface area contributed by atoms with Gasteiger partial charge in [0, 0.05) is 12.1 Å². The molecule has 0 heterocycles. The highest BCUT2D eigenvalue weighted by Crippen LogP contribution is 2.32. The number of hydrogen-bond acceptors (Lipinski definition) is 2. The molecule has 0 aliphatic heterocycles. The molecular formula is C22H24ClNO. The first kappa shape index (κ1) is 19.0. The number of halogens is 1. The molecule has 0 fully saturated rings. The third-order valence-electron chi connectivity index (χ3n) is 4.34. The maximum absolute atomic E-state index is 6.09. The van der Waals surface area contributed by atoms with Crippen molar-refractivity contribution in [2.24, 2.45) is 5.73 Å². The van der Waals surface area contributed by atoms with Gasteiger partial charge in [0.2, 0.25) is 0 Å². The van der Waals surface area contributed by atoms with Crippen molar-refractivity contribution in [1.29, 1.82) is 0 Å². The second kappa shape index (κ2) is 8.70. The van der Waals surface area contributed by atoms with Crippen molar-refractivity contribution in [3.63, 3.8) is 0 Å². The molecule has 0 spiro atoms. The van der Waals surface area contributed by atoms with E-state index in [-0.39, 0.29) is 12.4 Å². The van der Waals surface area contributed by atoms with Crippen LogP contribution in [0.5, 0.6) is 5.75 Å². The highest BCUT2D eigenvalue weighted by atomic mass is 35.5. The van der Waals surface area contributed by atoms with Gasteiger partial charge < -0.3 is 10.5 Å². The number of benzene rings is 3. The predicted molar refractivity (Wildman–Crippen MR) is 107 cm³/mol. The van der Waals surface area contributed by atoms with Crippen LogP contribution in [0.15, 0.2) is 66.7 Å². The smallest absolute Gasteiger partial charge is 0.127 e. The number of ether oxygens (including phenoxy) is 1. The Balaban J connectivity index is 0.00000225. The van der Waals surface area contributed by atoms with Crippen molar-refractivity contribution in [2.45, 2.75) is 27.0 Å². The molecule has 0 atom stereocenters. The molecule has 3 aromatic carbocycles. The largest absolute Gasteiger partial charge is 0.488 e. The lowest BCUT2D eigenvalue weighted by atomic mass is 9.95. The second-order valence-electron chi connectivity index (χ2n) is 6.06. The quantitative estimate of drug-likeness (QED) is 0.663. The Morgan fingerprint density at radius 3 is 2.08 bits per heavy atom.